The van der Waals surface area contributed by atoms with Gasteiger partial charge in [-0.2, -0.15) is 14.7 Å². The van der Waals surface area contributed by atoms with Crippen molar-refractivity contribution in [1.82, 2.24) is 14.5 Å². The molecule has 0 saturated heterocycles. The fraction of sp³-hybridized carbons (Fsp3) is 0.412. The molecule has 0 radical (unpaired) electrons. The molecule has 156 valence electrons. The van der Waals surface area contributed by atoms with E-state index in [-0.39, 0.29) is 35.2 Å². The maximum absolute atomic E-state index is 12.6. The van der Waals surface area contributed by atoms with Gasteiger partial charge >= 0.3 is 0 Å². The molecule has 2 rings (SSSR count). The van der Waals surface area contributed by atoms with Crippen LogP contribution in [0.5, 0.6) is 0 Å². The summed E-state index contributed by atoms with van der Waals surface area (Å²) >= 11 is 0. The molecule has 0 unspecified atom stereocenters. The van der Waals surface area contributed by atoms with Crippen LogP contribution in [0.1, 0.15) is 31.5 Å². The van der Waals surface area contributed by atoms with Gasteiger partial charge in [-0.15, -0.1) is 0 Å². The van der Waals surface area contributed by atoms with Crippen LogP contribution in [0.25, 0.3) is 0 Å². The van der Waals surface area contributed by atoms with Gasteiger partial charge in [0.25, 0.3) is 5.69 Å². The predicted molar refractivity (Wildman–Crippen MR) is 108 cm³/mol. The maximum Gasteiger partial charge on any atom is 0.293 e. The second kappa shape index (κ2) is 9.35. The summed E-state index contributed by atoms with van der Waals surface area (Å²) < 4.78 is 26.4. The minimum absolute atomic E-state index is 0.120. The average Bonchev–Trinajstić information content (AvgIpc) is 3.05. The van der Waals surface area contributed by atoms with Crippen LogP contribution >= 0.6 is 0 Å². The van der Waals surface area contributed by atoms with Gasteiger partial charge in [0, 0.05) is 25.7 Å². The fourth-order valence-corrected chi connectivity index (χ4v) is 4.35. The first kappa shape index (κ1) is 22.1. The van der Waals surface area contributed by atoms with Crippen LogP contribution in [-0.2, 0) is 16.4 Å². The summed E-state index contributed by atoms with van der Waals surface area (Å²) in [6.45, 7) is 4.32. The van der Waals surface area contributed by atoms with E-state index in [4.69, 9.17) is 11.0 Å². The third-order valence-corrected chi connectivity index (χ3v) is 6.46. The van der Waals surface area contributed by atoms with E-state index in [1.165, 1.54) is 16.4 Å². The van der Waals surface area contributed by atoms with E-state index in [2.05, 4.69) is 15.5 Å². The van der Waals surface area contributed by atoms with Gasteiger partial charge in [0.1, 0.15) is 17.3 Å². The number of sulfonamides is 1. The van der Waals surface area contributed by atoms with Crippen molar-refractivity contribution in [2.75, 3.05) is 30.7 Å². The van der Waals surface area contributed by atoms with Crippen molar-refractivity contribution >= 4 is 27.2 Å². The van der Waals surface area contributed by atoms with Gasteiger partial charge < -0.3 is 11.1 Å². The number of aromatic nitrogens is 2. The van der Waals surface area contributed by atoms with Gasteiger partial charge in [-0.05, 0) is 25.0 Å². The number of nitrogens with two attached hydrogens (primary N) is 1. The number of nitro groups is 1. The molecule has 0 fully saturated rings. The first-order valence-corrected chi connectivity index (χ1v) is 10.5. The Morgan fingerprint density at radius 1 is 1.38 bits per heavy atom. The predicted octanol–water partition coefficient (Wildman–Crippen LogP) is 1.85. The molecule has 1 aromatic carbocycles. The van der Waals surface area contributed by atoms with Crippen LogP contribution in [0.2, 0.25) is 0 Å². The number of anilines is 2. The lowest BCUT2D eigenvalue weighted by Crippen LogP contribution is -2.30. The number of nitriles is 1. The number of nitrogens with one attached hydrogen (secondary N) is 2. The fourth-order valence-electron chi connectivity index (χ4n) is 2.87. The maximum atomic E-state index is 12.6. The van der Waals surface area contributed by atoms with E-state index in [0.717, 1.165) is 6.07 Å². The molecule has 29 heavy (non-hydrogen) atoms. The minimum atomic E-state index is -3.79. The first-order valence-electron chi connectivity index (χ1n) is 9.01. The van der Waals surface area contributed by atoms with E-state index in [1.807, 2.05) is 6.07 Å². The molecular formula is C17H23N7O4S. The second-order valence-corrected chi connectivity index (χ2v) is 8.07. The van der Waals surface area contributed by atoms with Gasteiger partial charge in [-0.25, -0.2) is 8.42 Å². The van der Waals surface area contributed by atoms with Crippen LogP contribution in [0.4, 0.5) is 17.2 Å². The normalized spacial score (nSPS) is 11.4. The lowest BCUT2D eigenvalue weighted by atomic mass is 10.1. The zero-order valence-electron chi connectivity index (χ0n) is 16.2. The first-order chi connectivity index (χ1) is 13.8. The summed E-state index contributed by atoms with van der Waals surface area (Å²) in [6, 6.07) is 5.79. The van der Waals surface area contributed by atoms with Crippen LogP contribution in [0.15, 0.2) is 23.1 Å². The van der Waals surface area contributed by atoms with Crippen molar-refractivity contribution in [1.29, 1.82) is 5.26 Å². The Morgan fingerprint density at radius 2 is 2.07 bits per heavy atom. The summed E-state index contributed by atoms with van der Waals surface area (Å²) in [5.41, 5.74) is 6.38. The molecule has 0 saturated carbocycles. The molecule has 12 heteroatoms. The van der Waals surface area contributed by atoms with Gasteiger partial charge in [0.2, 0.25) is 10.0 Å². The Hall–Kier alpha value is -3.17. The Balaban J connectivity index is 2.13. The highest BCUT2D eigenvalue weighted by atomic mass is 32.2. The standard InChI is InChI=1S/C17H23N7O4S/c1-3-23(4-2)29(27,28)12-7-8-15(16(10-12)24(25)26)20-9-5-6-14-13(11-18)17(19)22-21-14/h7-8,10,20H,3-6,9H2,1-2H3,(H3,19,21,22). The number of rotatable bonds is 10. The quantitative estimate of drug-likeness (QED) is 0.296. The van der Waals surface area contributed by atoms with Crippen LogP contribution in [-0.4, -0.2) is 47.5 Å². The Bertz CT molecular complexity index is 1020. The Morgan fingerprint density at radius 3 is 2.66 bits per heavy atom. The number of hydrogen-bond acceptors (Lipinski definition) is 8. The van der Waals surface area contributed by atoms with Crippen molar-refractivity contribution < 1.29 is 13.3 Å². The van der Waals surface area contributed by atoms with E-state index in [9.17, 15) is 18.5 Å². The smallest absolute Gasteiger partial charge is 0.293 e. The second-order valence-electron chi connectivity index (χ2n) is 6.13. The van der Waals surface area contributed by atoms with Crippen LogP contribution < -0.4 is 11.1 Å². The van der Waals surface area contributed by atoms with Crippen molar-refractivity contribution in [3.05, 3.63) is 39.6 Å². The minimum Gasteiger partial charge on any atom is -0.381 e. The van der Waals surface area contributed by atoms with Crippen molar-refractivity contribution in [3.63, 3.8) is 0 Å². The van der Waals surface area contributed by atoms with E-state index in [0.29, 0.717) is 30.6 Å². The highest BCUT2D eigenvalue weighted by molar-refractivity contribution is 7.89. The number of benzene rings is 1. The molecule has 1 aromatic heterocycles. The van der Waals surface area contributed by atoms with Crippen LogP contribution in [0.3, 0.4) is 0 Å². The van der Waals surface area contributed by atoms with E-state index >= 15 is 0 Å². The summed E-state index contributed by atoms with van der Waals surface area (Å²) in [5, 5.41) is 29.9. The number of nitro benzene ring substituents is 1. The average molecular weight is 421 g/mol. The number of aromatic amines is 1. The Labute approximate surface area is 168 Å². The summed E-state index contributed by atoms with van der Waals surface area (Å²) in [7, 11) is -3.79. The van der Waals surface area contributed by atoms with Gasteiger partial charge in [-0.1, -0.05) is 13.8 Å². The molecular weight excluding hydrogens is 398 g/mol. The molecule has 0 bridgehead atoms. The molecule has 0 amide bonds. The largest absolute Gasteiger partial charge is 0.381 e. The molecule has 0 aliphatic carbocycles. The van der Waals surface area contributed by atoms with Crippen LogP contribution in [0, 0.1) is 21.4 Å². The lowest BCUT2D eigenvalue weighted by molar-refractivity contribution is -0.384. The molecule has 0 aliphatic heterocycles. The molecule has 2 aromatic rings. The van der Waals surface area contributed by atoms with Gasteiger partial charge in [-0.3, -0.25) is 15.2 Å². The van der Waals surface area contributed by atoms with Gasteiger partial charge in [0.15, 0.2) is 5.82 Å². The highest BCUT2D eigenvalue weighted by Gasteiger charge is 2.25. The SMILES string of the molecule is CCN(CC)S(=O)(=O)c1ccc(NCCCc2[nH]nc(N)c2C#N)c([N+](=O)[O-])c1. The lowest BCUT2D eigenvalue weighted by Gasteiger charge is -2.18. The number of nitrogens with zero attached hydrogens (tertiary/aromatic N) is 4. The highest BCUT2D eigenvalue weighted by Crippen LogP contribution is 2.29. The van der Waals surface area contributed by atoms with Gasteiger partial charge in [0.05, 0.1) is 15.5 Å². The van der Waals surface area contributed by atoms with Crippen molar-refractivity contribution in [2.24, 2.45) is 0 Å². The number of aryl methyl sites for hydroxylation is 1. The molecule has 11 nitrogen and oxygen atoms in total. The molecule has 0 atom stereocenters. The topological polar surface area (TPSA) is 171 Å². The summed E-state index contributed by atoms with van der Waals surface area (Å²) in [4.78, 5) is 10.7. The third kappa shape index (κ3) is 4.82. The van der Waals surface area contributed by atoms with E-state index < -0.39 is 14.9 Å². The zero-order chi connectivity index (χ0) is 21.6. The summed E-state index contributed by atoms with van der Waals surface area (Å²) in [6.07, 6.45) is 1.02. The molecule has 0 spiro atoms. The molecule has 4 N–H and O–H groups in total. The number of H-pyrrole nitrogens is 1. The third-order valence-electron chi connectivity index (χ3n) is 4.41. The van der Waals surface area contributed by atoms with E-state index in [1.54, 1.807) is 13.8 Å². The number of nitrogen functional groups attached to an aromatic ring is 1. The summed E-state index contributed by atoms with van der Waals surface area (Å²) in [5.74, 6) is 0.135. The Kier molecular flexibility index (Phi) is 7.13. The monoisotopic (exact) mass is 421 g/mol. The molecule has 0 aliphatic rings. The molecule has 1 heterocycles. The zero-order valence-corrected chi connectivity index (χ0v) is 17.0. The van der Waals surface area contributed by atoms with Crippen molar-refractivity contribution in [3.8, 4) is 6.07 Å². The number of hydrogen-bond donors (Lipinski definition) is 3. The van der Waals surface area contributed by atoms with Crippen molar-refractivity contribution in [2.45, 2.75) is 31.6 Å².